The van der Waals surface area contributed by atoms with Crippen LogP contribution in [0.3, 0.4) is 0 Å². The Morgan fingerprint density at radius 1 is 1.06 bits per heavy atom. The second-order valence-electron chi connectivity index (χ2n) is 7.64. The van der Waals surface area contributed by atoms with Gasteiger partial charge < -0.3 is 10.4 Å². The van der Waals surface area contributed by atoms with E-state index in [2.05, 4.69) is 25.9 Å². The Labute approximate surface area is 220 Å². The number of hydrogen-bond acceptors (Lipinski definition) is 7. The van der Waals surface area contributed by atoms with Gasteiger partial charge in [-0.25, -0.2) is 5.43 Å². The number of aromatic hydroxyl groups is 1. The molecule has 0 spiro atoms. The van der Waals surface area contributed by atoms with Gasteiger partial charge in [-0.05, 0) is 48.9 Å². The van der Waals surface area contributed by atoms with Gasteiger partial charge >= 0.3 is 0 Å². The lowest BCUT2D eigenvalue weighted by Crippen LogP contribution is -2.21. The van der Waals surface area contributed by atoms with Gasteiger partial charge in [0.2, 0.25) is 0 Å². The summed E-state index contributed by atoms with van der Waals surface area (Å²) >= 11 is 13.1. The Kier molecular flexibility index (Phi) is 7.68. The van der Waals surface area contributed by atoms with Crippen molar-refractivity contribution in [3.8, 4) is 17.0 Å². The van der Waals surface area contributed by atoms with Gasteiger partial charge in [-0.2, -0.15) is 10.2 Å². The molecule has 0 aliphatic heterocycles. The van der Waals surface area contributed by atoms with Crippen LogP contribution < -0.4 is 10.7 Å². The number of benzene rings is 1. The molecule has 0 atom stereocenters. The maximum Gasteiger partial charge on any atom is 0.281 e. The molecule has 3 aromatic heterocycles. The third-order valence-corrected chi connectivity index (χ3v) is 6.96. The van der Waals surface area contributed by atoms with Crippen molar-refractivity contribution in [2.24, 2.45) is 12.1 Å². The molecule has 0 unspecified atom stereocenters. The van der Waals surface area contributed by atoms with Gasteiger partial charge in [0.05, 0.1) is 25.5 Å². The predicted octanol–water partition coefficient (Wildman–Crippen LogP) is 4.64. The minimum Gasteiger partial charge on any atom is -0.504 e. The Bertz CT molecular complexity index is 1470. The molecule has 9 nitrogen and oxygen atoms in total. The van der Waals surface area contributed by atoms with Crippen molar-refractivity contribution in [3.05, 3.63) is 85.9 Å². The molecule has 0 fully saturated rings. The minimum absolute atomic E-state index is 0.115. The summed E-state index contributed by atoms with van der Waals surface area (Å²) in [5, 5.41) is 22.7. The molecule has 2 amide bonds. The molecule has 1 aromatic carbocycles. The van der Waals surface area contributed by atoms with Gasteiger partial charge in [0, 0.05) is 31.5 Å². The highest BCUT2D eigenvalue weighted by Crippen LogP contribution is 2.35. The zero-order valence-electron chi connectivity index (χ0n) is 19.1. The van der Waals surface area contributed by atoms with Crippen molar-refractivity contribution >= 4 is 52.1 Å². The number of rotatable bonds is 7. The van der Waals surface area contributed by atoms with E-state index in [1.807, 2.05) is 0 Å². The van der Waals surface area contributed by atoms with Gasteiger partial charge in [0.15, 0.2) is 11.4 Å². The first kappa shape index (κ1) is 25.4. The number of carbonyl (C=O) groups is 2. The van der Waals surface area contributed by atoms with Crippen LogP contribution in [-0.4, -0.2) is 37.4 Å². The first-order chi connectivity index (χ1) is 17.2. The lowest BCUT2D eigenvalue weighted by atomic mass is 10.1. The summed E-state index contributed by atoms with van der Waals surface area (Å²) in [6.45, 7) is 1.95. The van der Waals surface area contributed by atoms with Crippen LogP contribution in [0.1, 0.15) is 37.5 Å². The van der Waals surface area contributed by atoms with E-state index >= 15 is 0 Å². The molecule has 0 aliphatic carbocycles. The smallest absolute Gasteiger partial charge is 0.281 e. The highest BCUT2D eigenvalue weighted by Gasteiger charge is 2.20. The van der Waals surface area contributed by atoms with Crippen molar-refractivity contribution < 1.29 is 14.7 Å². The summed E-state index contributed by atoms with van der Waals surface area (Å²) in [5.74, 6) is -0.896. The number of hydrogen-bond donors (Lipinski definition) is 3. The van der Waals surface area contributed by atoms with E-state index in [-0.39, 0.29) is 23.1 Å². The molecule has 0 saturated heterocycles. The van der Waals surface area contributed by atoms with Crippen LogP contribution in [0.5, 0.6) is 5.75 Å². The quantitative estimate of drug-likeness (QED) is 0.232. The number of aromatic nitrogens is 3. The van der Waals surface area contributed by atoms with Gasteiger partial charge in [0.25, 0.3) is 11.8 Å². The Balaban J connectivity index is 1.43. The zero-order chi connectivity index (χ0) is 25.8. The van der Waals surface area contributed by atoms with Crippen LogP contribution >= 0.6 is 34.5 Å². The second kappa shape index (κ2) is 10.9. The molecule has 0 aliphatic rings. The first-order valence-corrected chi connectivity index (χ1v) is 12.1. The van der Waals surface area contributed by atoms with Crippen LogP contribution in [0.15, 0.2) is 60.0 Å². The summed E-state index contributed by atoms with van der Waals surface area (Å²) in [5.41, 5.74) is 4.88. The molecule has 4 rings (SSSR count). The summed E-state index contributed by atoms with van der Waals surface area (Å²) in [6, 6.07) is 11.7. The van der Waals surface area contributed by atoms with Gasteiger partial charge in [-0.3, -0.25) is 19.3 Å². The zero-order valence-corrected chi connectivity index (χ0v) is 21.4. The number of pyridine rings is 1. The van der Waals surface area contributed by atoms with Crippen LogP contribution in [0.25, 0.3) is 11.3 Å². The summed E-state index contributed by atoms with van der Waals surface area (Å²) < 4.78 is 1.49. The molecule has 3 heterocycles. The summed E-state index contributed by atoms with van der Waals surface area (Å²) in [6.07, 6.45) is 3.30. The fourth-order valence-corrected chi connectivity index (χ4v) is 4.43. The fraction of sp³-hybridized carbons (Fsp3) is 0.125. The standard InChI is InChI=1S/C24H20Cl2N6O3S/c1-13(20-22(33)21(32(2)31-20)15-3-4-16(25)17(26)11-15)29-30-24(35)19-6-5-18(36-19)23(34)28-12-14-7-9-27-10-8-14/h3-11,33H,12H2,1-2H3,(H,28,34)(H,30,35)/b29-13+. The summed E-state index contributed by atoms with van der Waals surface area (Å²) in [7, 11) is 1.67. The van der Waals surface area contributed by atoms with Crippen LogP contribution in [-0.2, 0) is 13.6 Å². The largest absolute Gasteiger partial charge is 0.504 e. The van der Waals surface area contributed by atoms with E-state index in [0.29, 0.717) is 37.6 Å². The van der Waals surface area contributed by atoms with E-state index in [0.717, 1.165) is 16.9 Å². The molecular formula is C24H20Cl2N6O3S. The fourth-order valence-electron chi connectivity index (χ4n) is 3.32. The molecule has 3 N–H and O–H groups in total. The normalized spacial score (nSPS) is 11.4. The van der Waals surface area contributed by atoms with Gasteiger partial charge in [0.1, 0.15) is 5.69 Å². The van der Waals surface area contributed by atoms with E-state index < -0.39 is 5.91 Å². The van der Waals surface area contributed by atoms with E-state index in [1.165, 1.54) is 4.68 Å². The van der Waals surface area contributed by atoms with Crippen molar-refractivity contribution in [2.45, 2.75) is 13.5 Å². The maximum absolute atomic E-state index is 12.6. The van der Waals surface area contributed by atoms with Crippen molar-refractivity contribution in [3.63, 3.8) is 0 Å². The molecule has 0 radical (unpaired) electrons. The Morgan fingerprint density at radius 3 is 2.44 bits per heavy atom. The average molecular weight is 543 g/mol. The highest BCUT2D eigenvalue weighted by molar-refractivity contribution is 7.15. The number of hydrazone groups is 1. The SMILES string of the molecule is C/C(=N\NC(=O)c1ccc(C(=O)NCc2ccncc2)s1)c1nn(C)c(-c2ccc(Cl)c(Cl)c2)c1O. The Morgan fingerprint density at radius 2 is 1.75 bits per heavy atom. The lowest BCUT2D eigenvalue weighted by molar-refractivity contribution is 0.0950. The van der Waals surface area contributed by atoms with Crippen LogP contribution in [0.4, 0.5) is 0 Å². The molecule has 12 heteroatoms. The summed E-state index contributed by atoms with van der Waals surface area (Å²) in [4.78, 5) is 29.6. The van der Waals surface area contributed by atoms with E-state index in [4.69, 9.17) is 23.2 Å². The Hall–Kier alpha value is -3.73. The molecule has 0 bridgehead atoms. The molecule has 36 heavy (non-hydrogen) atoms. The number of nitrogens with zero attached hydrogens (tertiary/aromatic N) is 4. The minimum atomic E-state index is -0.493. The topological polar surface area (TPSA) is 122 Å². The van der Waals surface area contributed by atoms with Gasteiger partial charge in [-0.15, -0.1) is 11.3 Å². The number of nitrogens with one attached hydrogen (secondary N) is 2. The number of aryl methyl sites for hydroxylation is 1. The second-order valence-corrected chi connectivity index (χ2v) is 9.54. The highest BCUT2D eigenvalue weighted by atomic mass is 35.5. The lowest BCUT2D eigenvalue weighted by Gasteiger charge is -2.04. The third kappa shape index (κ3) is 5.56. The average Bonchev–Trinajstić information content (AvgIpc) is 3.48. The number of carbonyl (C=O) groups excluding carboxylic acids is 2. The number of halogens is 2. The van der Waals surface area contributed by atoms with Crippen LogP contribution in [0, 0.1) is 0 Å². The first-order valence-electron chi connectivity index (χ1n) is 10.6. The number of amides is 2. The number of thiophene rings is 1. The maximum atomic E-state index is 12.6. The molecular weight excluding hydrogens is 523 g/mol. The van der Waals surface area contributed by atoms with Crippen molar-refractivity contribution in [2.75, 3.05) is 0 Å². The molecule has 4 aromatic rings. The third-order valence-electron chi connectivity index (χ3n) is 5.14. The van der Waals surface area contributed by atoms with Crippen molar-refractivity contribution in [1.82, 2.24) is 25.5 Å². The molecule has 184 valence electrons. The van der Waals surface area contributed by atoms with Gasteiger partial charge in [-0.1, -0.05) is 29.3 Å². The van der Waals surface area contributed by atoms with Crippen molar-refractivity contribution in [1.29, 1.82) is 0 Å². The molecule has 0 saturated carbocycles. The predicted molar refractivity (Wildman–Crippen MR) is 140 cm³/mol. The van der Waals surface area contributed by atoms with E-state index in [9.17, 15) is 14.7 Å². The monoisotopic (exact) mass is 542 g/mol. The van der Waals surface area contributed by atoms with Crippen LogP contribution in [0.2, 0.25) is 10.0 Å². The van der Waals surface area contributed by atoms with E-state index in [1.54, 1.807) is 68.8 Å².